The minimum absolute atomic E-state index is 0.669. The normalized spacial score (nSPS) is 16.5. The van der Waals surface area contributed by atoms with Crippen molar-refractivity contribution in [3.8, 4) is 11.3 Å². The highest BCUT2D eigenvalue weighted by atomic mass is 35.5. The van der Waals surface area contributed by atoms with Crippen LogP contribution in [0.1, 0.15) is 5.82 Å². The number of aromatic nitrogens is 2. The van der Waals surface area contributed by atoms with Crippen LogP contribution in [0.2, 0.25) is 10.0 Å². The third-order valence-corrected chi connectivity index (χ3v) is 3.99. The van der Waals surface area contributed by atoms with Crippen molar-refractivity contribution >= 4 is 23.2 Å². The third kappa shape index (κ3) is 3.15. The van der Waals surface area contributed by atoms with E-state index in [9.17, 15) is 0 Å². The lowest BCUT2D eigenvalue weighted by Gasteiger charge is -2.26. The van der Waals surface area contributed by atoms with Crippen molar-refractivity contribution in [2.24, 2.45) is 0 Å². The van der Waals surface area contributed by atoms with E-state index in [2.05, 4.69) is 20.2 Å². The number of nitrogens with zero attached hydrogens (tertiary/aromatic N) is 2. The Morgan fingerprint density at radius 3 is 2.80 bits per heavy atom. The van der Waals surface area contributed by atoms with Crippen molar-refractivity contribution in [1.29, 1.82) is 0 Å². The molecule has 1 saturated heterocycles. The van der Waals surface area contributed by atoms with E-state index in [1.54, 1.807) is 12.1 Å². The van der Waals surface area contributed by atoms with Crippen LogP contribution < -0.4 is 5.32 Å². The molecule has 0 spiro atoms. The molecule has 0 bridgehead atoms. The summed E-state index contributed by atoms with van der Waals surface area (Å²) in [6.45, 7) is 5.00. The average Bonchev–Trinajstić information content (AvgIpc) is 2.91. The first-order valence-electron chi connectivity index (χ1n) is 6.65. The molecule has 0 radical (unpaired) electrons. The molecular formula is C14H16Cl2N4. The van der Waals surface area contributed by atoms with Crippen molar-refractivity contribution in [2.45, 2.75) is 6.54 Å². The third-order valence-electron chi connectivity index (χ3n) is 3.43. The highest BCUT2D eigenvalue weighted by Gasteiger charge is 2.13. The van der Waals surface area contributed by atoms with E-state index in [-0.39, 0.29) is 0 Å². The smallest absolute Gasteiger partial charge is 0.120 e. The maximum atomic E-state index is 6.21. The molecule has 0 aliphatic carbocycles. The first kappa shape index (κ1) is 13.9. The number of H-pyrrole nitrogens is 1. The molecule has 0 saturated carbocycles. The molecule has 1 aromatic heterocycles. The van der Waals surface area contributed by atoms with Gasteiger partial charge in [0, 0.05) is 36.8 Å². The van der Waals surface area contributed by atoms with E-state index >= 15 is 0 Å². The number of hydrogen-bond acceptors (Lipinski definition) is 3. The maximum Gasteiger partial charge on any atom is 0.120 e. The summed E-state index contributed by atoms with van der Waals surface area (Å²) < 4.78 is 0. The molecule has 1 aromatic carbocycles. The van der Waals surface area contributed by atoms with Gasteiger partial charge in [-0.25, -0.2) is 4.98 Å². The molecule has 1 aliphatic rings. The molecule has 0 amide bonds. The second kappa shape index (κ2) is 6.14. The van der Waals surface area contributed by atoms with Gasteiger partial charge in [-0.2, -0.15) is 0 Å². The van der Waals surface area contributed by atoms with Crippen molar-refractivity contribution in [3.63, 3.8) is 0 Å². The van der Waals surface area contributed by atoms with Crippen molar-refractivity contribution < 1.29 is 0 Å². The first-order chi connectivity index (χ1) is 9.72. The zero-order chi connectivity index (χ0) is 13.9. The lowest BCUT2D eigenvalue weighted by atomic mass is 10.2. The second-order valence-corrected chi connectivity index (χ2v) is 5.74. The Morgan fingerprint density at radius 2 is 2.00 bits per heavy atom. The van der Waals surface area contributed by atoms with Crippen LogP contribution in [0.3, 0.4) is 0 Å². The summed E-state index contributed by atoms with van der Waals surface area (Å²) in [5, 5.41) is 4.68. The molecule has 1 fully saturated rings. The Balaban J connectivity index is 1.77. The van der Waals surface area contributed by atoms with Gasteiger partial charge >= 0.3 is 0 Å². The van der Waals surface area contributed by atoms with Crippen LogP contribution in [0, 0.1) is 0 Å². The average molecular weight is 311 g/mol. The number of benzene rings is 1. The van der Waals surface area contributed by atoms with E-state index in [4.69, 9.17) is 23.2 Å². The van der Waals surface area contributed by atoms with E-state index in [0.717, 1.165) is 49.8 Å². The molecule has 0 unspecified atom stereocenters. The molecule has 4 nitrogen and oxygen atoms in total. The molecule has 20 heavy (non-hydrogen) atoms. The summed E-state index contributed by atoms with van der Waals surface area (Å²) in [7, 11) is 0. The van der Waals surface area contributed by atoms with E-state index in [0.29, 0.717) is 10.0 Å². The number of imidazole rings is 1. The molecule has 2 aromatic rings. The predicted octanol–water partition coefficient (Wildman–Crippen LogP) is 2.79. The second-order valence-electron chi connectivity index (χ2n) is 4.89. The van der Waals surface area contributed by atoms with Gasteiger partial charge in [-0.15, -0.1) is 0 Å². The lowest BCUT2D eigenvalue weighted by Crippen LogP contribution is -2.43. The van der Waals surface area contributed by atoms with E-state index in [1.807, 2.05) is 12.3 Å². The summed E-state index contributed by atoms with van der Waals surface area (Å²) in [5.41, 5.74) is 1.79. The molecule has 3 rings (SSSR count). The van der Waals surface area contributed by atoms with Gasteiger partial charge in [-0.3, -0.25) is 4.90 Å². The molecule has 2 heterocycles. The highest BCUT2D eigenvalue weighted by molar-refractivity contribution is 6.35. The van der Waals surface area contributed by atoms with Crippen molar-refractivity contribution in [2.75, 3.05) is 26.2 Å². The fraction of sp³-hybridized carbons (Fsp3) is 0.357. The Hall–Kier alpha value is -1.07. The van der Waals surface area contributed by atoms with Gasteiger partial charge in [0.2, 0.25) is 0 Å². The topological polar surface area (TPSA) is 44.0 Å². The number of hydrogen-bond donors (Lipinski definition) is 2. The monoisotopic (exact) mass is 310 g/mol. The zero-order valence-corrected chi connectivity index (χ0v) is 12.5. The predicted molar refractivity (Wildman–Crippen MR) is 82.2 cm³/mol. The fourth-order valence-corrected chi connectivity index (χ4v) is 2.76. The summed E-state index contributed by atoms with van der Waals surface area (Å²) in [6, 6.07) is 5.44. The van der Waals surface area contributed by atoms with Gasteiger partial charge in [-0.1, -0.05) is 23.2 Å². The Labute approximate surface area is 128 Å². The maximum absolute atomic E-state index is 6.21. The van der Waals surface area contributed by atoms with Crippen LogP contribution in [0.15, 0.2) is 24.4 Å². The largest absolute Gasteiger partial charge is 0.341 e. The summed E-state index contributed by atoms with van der Waals surface area (Å²) in [5.74, 6) is 0.956. The van der Waals surface area contributed by atoms with Crippen LogP contribution in [-0.2, 0) is 6.54 Å². The summed E-state index contributed by atoms with van der Waals surface area (Å²) in [6.07, 6.45) is 1.81. The number of aromatic amines is 1. The lowest BCUT2D eigenvalue weighted by molar-refractivity contribution is 0.228. The Morgan fingerprint density at radius 1 is 1.20 bits per heavy atom. The minimum atomic E-state index is 0.669. The number of nitrogens with one attached hydrogen (secondary N) is 2. The molecular weight excluding hydrogens is 295 g/mol. The van der Waals surface area contributed by atoms with Crippen molar-refractivity contribution in [1.82, 2.24) is 20.2 Å². The zero-order valence-electron chi connectivity index (χ0n) is 11.0. The fourth-order valence-electron chi connectivity index (χ4n) is 2.36. The summed E-state index contributed by atoms with van der Waals surface area (Å²) >= 11 is 12.2. The van der Waals surface area contributed by atoms with Crippen LogP contribution in [0.5, 0.6) is 0 Å². The number of halogens is 2. The van der Waals surface area contributed by atoms with Gasteiger partial charge in [0.15, 0.2) is 0 Å². The van der Waals surface area contributed by atoms with Crippen LogP contribution in [-0.4, -0.2) is 41.0 Å². The van der Waals surface area contributed by atoms with Gasteiger partial charge in [0.25, 0.3) is 0 Å². The van der Waals surface area contributed by atoms with Crippen LogP contribution in [0.4, 0.5) is 0 Å². The molecule has 106 valence electrons. The Bertz CT molecular complexity index is 591. The van der Waals surface area contributed by atoms with Crippen molar-refractivity contribution in [3.05, 3.63) is 40.3 Å². The number of piperazine rings is 1. The van der Waals surface area contributed by atoms with Crippen LogP contribution >= 0.6 is 23.2 Å². The Kier molecular flexibility index (Phi) is 4.27. The molecule has 6 heteroatoms. The van der Waals surface area contributed by atoms with E-state index < -0.39 is 0 Å². The van der Waals surface area contributed by atoms with E-state index in [1.165, 1.54) is 0 Å². The van der Waals surface area contributed by atoms with Gasteiger partial charge in [-0.05, 0) is 18.2 Å². The number of rotatable bonds is 3. The minimum Gasteiger partial charge on any atom is -0.341 e. The van der Waals surface area contributed by atoms with Crippen LogP contribution in [0.25, 0.3) is 11.3 Å². The standard InChI is InChI=1S/C14H16Cl2N4/c15-10-1-2-12(16)11(7-10)13-8-18-14(19-13)9-20-5-3-17-4-6-20/h1-2,7-8,17H,3-6,9H2,(H,18,19). The molecule has 2 N–H and O–H groups in total. The first-order valence-corrected chi connectivity index (χ1v) is 7.40. The summed E-state index contributed by atoms with van der Waals surface area (Å²) in [4.78, 5) is 10.1. The van der Waals surface area contributed by atoms with Gasteiger partial charge in [0.05, 0.1) is 23.5 Å². The van der Waals surface area contributed by atoms with Gasteiger partial charge in [0.1, 0.15) is 5.82 Å². The quantitative estimate of drug-likeness (QED) is 0.916. The SMILES string of the molecule is Clc1ccc(Cl)c(-c2cnc(CN3CCNCC3)[nH]2)c1. The van der Waals surface area contributed by atoms with Gasteiger partial charge < -0.3 is 10.3 Å². The molecule has 0 atom stereocenters. The molecule has 1 aliphatic heterocycles. The highest BCUT2D eigenvalue weighted by Crippen LogP contribution is 2.29.